The van der Waals surface area contributed by atoms with Crippen LogP contribution < -0.4 is 14.8 Å². The van der Waals surface area contributed by atoms with Crippen LogP contribution in [0.15, 0.2) is 53.9 Å². The fourth-order valence-corrected chi connectivity index (χ4v) is 3.82. The molecule has 2 aromatic carbocycles. The molecule has 0 unspecified atom stereocenters. The first-order valence-electron chi connectivity index (χ1n) is 9.54. The summed E-state index contributed by atoms with van der Waals surface area (Å²) in [5.74, 6) is 1.33. The van der Waals surface area contributed by atoms with Gasteiger partial charge in [0.25, 0.3) is 0 Å². The van der Waals surface area contributed by atoms with Crippen LogP contribution in [0.1, 0.15) is 16.8 Å². The van der Waals surface area contributed by atoms with Crippen LogP contribution in [-0.2, 0) is 11.2 Å². The van der Waals surface area contributed by atoms with Gasteiger partial charge in [-0.15, -0.1) is 11.3 Å². The molecule has 1 N–H and O–H groups in total. The van der Waals surface area contributed by atoms with Crippen LogP contribution in [0.5, 0.6) is 11.5 Å². The zero-order valence-corrected chi connectivity index (χ0v) is 17.0. The number of hydrogen-bond acceptors (Lipinski definition) is 5. The summed E-state index contributed by atoms with van der Waals surface area (Å²) in [6, 6.07) is 14.0. The number of nitrogens with zero attached hydrogens (tertiary/aromatic N) is 1. The summed E-state index contributed by atoms with van der Waals surface area (Å²) in [7, 11) is 0. The third-order valence-corrected chi connectivity index (χ3v) is 5.46. The van der Waals surface area contributed by atoms with Crippen molar-refractivity contribution in [3.8, 4) is 22.1 Å². The highest BCUT2D eigenvalue weighted by Gasteiger charge is 2.11. The van der Waals surface area contributed by atoms with Crippen molar-refractivity contribution in [1.82, 2.24) is 10.3 Å². The second kappa shape index (κ2) is 8.92. The SMILES string of the molecule is Cc1ccc(-c2nc(CCNC(=O)/C=C/c3ccc4c(c3)OCCO4)cs2)cc1. The first kappa shape index (κ1) is 19.2. The van der Waals surface area contributed by atoms with Gasteiger partial charge in [0.1, 0.15) is 18.2 Å². The van der Waals surface area contributed by atoms with Gasteiger partial charge < -0.3 is 14.8 Å². The number of aromatic nitrogens is 1. The molecule has 0 bridgehead atoms. The van der Waals surface area contributed by atoms with Crippen LogP contribution in [0.25, 0.3) is 16.6 Å². The number of amides is 1. The predicted octanol–water partition coefficient (Wildman–Crippen LogP) is 4.26. The molecule has 0 atom stereocenters. The number of carbonyl (C=O) groups is 1. The largest absolute Gasteiger partial charge is 0.486 e. The number of rotatable bonds is 6. The van der Waals surface area contributed by atoms with E-state index in [9.17, 15) is 4.79 Å². The van der Waals surface area contributed by atoms with E-state index in [-0.39, 0.29) is 5.91 Å². The van der Waals surface area contributed by atoms with Crippen molar-refractivity contribution in [2.75, 3.05) is 19.8 Å². The Morgan fingerprint density at radius 1 is 1.14 bits per heavy atom. The van der Waals surface area contributed by atoms with E-state index in [4.69, 9.17) is 9.47 Å². The van der Waals surface area contributed by atoms with Gasteiger partial charge in [-0.1, -0.05) is 35.9 Å². The molecule has 0 saturated heterocycles. The number of nitrogens with one attached hydrogen (secondary N) is 1. The topological polar surface area (TPSA) is 60.5 Å². The maximum absolute atomic E-state index is 12.1. The van der Waals surface area contributed by atoms with Crippen molar-refractivity contribution in [1.29, 1.82) is 0 Å². The number of thiazole rings is 1. The van der Waals surface area contributed by atoms with Gasteiger partial charge in [-0.25, -0.2) is 4.98 Å². The molecule has 148 valence electrons. The Morgan fingerprint density at radius 2 is 1.93 bits per heavy atom. The Labute approximate surface area is 174 Å². The minimum atomic E-state index is -0.131. The van der Waals surface area contributed by atoms with Gasteiger partial charge in [-0.05, 0) is 30.7 Å². The predicted molar refractivity (Wildman–Crippen MR) is 115 cm³/mol. The lowest BCUT2D eigenvalue weighted by Crippen LogP contribution is -2.23. The highest BCUT2D eigenvalue weighted by molar-refractivity contribution is 7.13. The quantitative estimate of drug-likeness (QED) is 0.622. The van der Waals surface area contributed by atoms with Gasteiger partial charge in [-0.2, -0.15) is 0 Å². The third-order valence-electron chi connectivity index (χ3n) is 4.52. The van der Waals surface area contributed by atoms with E-state index in [0.717, 1.165) is 27.6 Å². The van der Waals surface area contributed by atoms with E-state index < -0.39 is 0 Å². The first-order valence-corrected chi connectivity index (χ1v) is 10.4. The number of ether oxygens (including phenoxy) is 2. The normalized spacial score (nSPS) is 12.9. The molecule has 0 fully saturated rings. The van der Waals surface area contributed by atoms with Crippen LogP contribution in [0.4, 0.5) is 0 Å². The number of benzene rings is 2. The second-order valence-electron chi connectivity index (χ2n) is 6.79. The summed E-state index contributed by atoms with van der Waals surface area (Å²) in [6.07, 6.45) is 4.00. The molecule has 1 amide bonds. The molecule has 0 radical (unpaired) electrons. The molecule has 6 heteroatoms. The standard InChI is InChI=1S/C23H22N2O3S/c1-16-2-6-18(7-3-16)23-25-19(15-29-23)10-11-24-22(26)9-5-17-4-8-20-21(14-17)28-13-12-27-20/h2-9,14-15H,10-13H2,1H3,(H,24,26)/b9-5+. The molecule has 1 aliphatic rings. The monoisotopic (exact) mass is 406 g/mol. The number of fused-ring (bicyclic) bond motifs is 1. The minimum Gasteiger partial charge on any atom is -0.486 e. The summed E-state index contributed by atoms with van der Waals surface area (Å²) in [4.78, 5) is 16.7. The van der Waals surface area contributed by atoms with E-state index in [2.05, 4.69) is 41.5 Å². The summed E-state index contributed by atoms with van der Waals surface area (Å²) >= 11 is 1.63. The van der Waals surface area contributed by atoms with Crippen LogP contribution in [0.2, 0.25) is 0 Å². The van der Waals surface area contributed by atoms with Crippen LogP contribution in [-0.4, -0.2) is 30.6 Å². The van der Waals surface area contributed by atoms with Gasteiger partial charge in [0, 0.05) is 30.0 Å². The average Bonchev–Trinajstić information content (AvgIpc) is 3.21. The molecular weight excluding hydrogens is 384 g/mol. The van der Waals surface area contributed by atoms with Crippen molar-refractivity contribution in [2.24, 2.45) is 0 Å². The number of hydrogen-bond donors (Lipinski definition) is 1. The van der Waals surface area contributed by atoms with Gasteiger partial charge in [0.2, 0.25) is 5.91 Å². The highest BCUT2D eigenvalue weighted by atomic mass is 32.1. The molecule has 5 nitrogen and oxygen atoms in total. The molecule has 1 aromatic heterocycles. The lowest BCUT2D eigenvalue weighted by molar-refractivity contribution is -0.116. The van der Waals surface area contributed by atoms with E-state index >= 15 is 0 Å². The molecule has 2 heterocycles. The van der Waals surface area contributed by atoms with E-state index in [1.54, 1.807) is 17.4 Å². The zero-order valence-electron chi connectivity index (χ0n) is 16.2. The van der Waals surface area contributed by atoms with Gasteiger partial charge in [-0.3, -0.25) is 4.79 Å². The molecule has 29 heavy (non-hydrogen) atoms. The maximum atomic E-state index is 12.1. The summed E-state index contributed by atoms with van der Waals surface area (Å²) in [6.45, 7) is 3.72. The Kier molecular flexibility index (Phi) is 5.91. The van der Waals surface area contributed by atoms with Gasteiger partial charge in [0.15, 0.2) is 11.5 Å². The summed E-state index contributed by atoms with van der Waals surface area (Å²) in [5, 5.41) is 5.96. The van der Waals surface area contributed by atoms with Crippen molar-refractivity contribution in [3.63, 3.8) is 0 Å². The van der Waals surface area contributed by atoms with Crippen LogP contribution in [0, 0.1) is 6.92 Å². The molecule has 4 rings (SSSR count). The fourth-order valence-electron chi connectivity index (χ4n) is 2.96. The molecular formula is C23H22N2O3S. The Morgan fingerprint density at radius 3 is 2.76 bits per heavy atom. The van der Waals surface area contributed by atoms with Crippen molar-refractivity contribution >= 4 is 23.3 Å². The van der Waals surface area contributed by atoms with E-state index in [0.29, 0.717) is 31.9 Å². The Bertz CT molecular complexity index is 1020. The van der Waals surface area contributed by atoms with E-state index in [1.807, 2.05) is 23.6 Å². The number of carbonyl (C=O) groups excluding carboxylic acids is 1. The molecule has 3 aromatic rings. The zero-order chi connectivity index (χ0) is 20.1. The fraction of sp³-hybridized carbons (Fsp3) is 0.217. The molecule has 0 aliphatic carbocycles. The van der Waals surface area contributed by atoms with Crippen LogP contribution in [0.3, 0.4) is 0 Å². The lowest BCUT2D eigenvalue weighted by atomic mass is 10.2. The van der Waals surface area contributed by atoms with E-state index in [1.165, 1.54) is 11.6 Å². The third kappa shape index (κ3) is 5.03. The summed E-state index contributed by atoms with van der Waals surface area (Å²) in [5.41, 5.74) is 4.24. The minimum absolute atomic E-state index is 0.131. The van der Waals surface area contributed by atoms with Gasteiger partial charge >= 0.3 is 0 Å². The molecule has 0 saturated carbocycles. The smallest absolute Gasteiger partial charge is 0.244 e. The Balaban J connectivity index is 1.27. The average molecular weight is 407 g/mol. The summed E-state index contributed by atoms with van der Waals surface area (Å²) < 4.78 is 11.1. The van der Waals surface area contributed by atoms with Crippen molar-refractivity contribution in [2.45, 2.75) is 13.3 Å². The van der Waals surface area contributed by atoms with Crippen LogP contribution >= 0.6 is 11.3 Å². The maximum Gasteiger partial charge on any atom is 0.244 e. The van der Waals surface area contributed by atoms with Crippen molar-refractivity contribution < 1.29 is 14.3 Å². The molecule has 0 spiro atoms. The van der Waals surface area contributed by atoms with Crippen molar-refractivity contribution in [3.05, 3.63) is 70.7 Å². The van der Waals surface area contributed by atoms with Gasteiger partial charge in [0.05, 0.1) is 5.69 Å². The Hall–Kier alpha value is -3.12. The number of aryl methyl sites for hydroxylation is 1. The second-order valence-corrected chi connectivity index (χ2v) is 7.65. The lowest BCUT2D eigenvalue weighted by Gasteiger charge is -2.18. The first-order chi connectivity index (χ1) is 14.2. The molecule has 1 aliphatic heterocycles. The highest BCUT2D eigenvalue weighted by Crippen LogP contribution is 2.31.